The number of hydrogen-bond donors (Lipinski definition) is 0. The van der Waals surface area contributed by atoms with Crippen molar-refractivity contribution in [2.45, 2.75) is 38.5 Å². The number of nitriles is 1. The molecular formula is C22H21N. The Labute approximate surface area is 139 Å². The molecule has 2 aromatic carbocycles. The molecule has 0 aromatic heterocycles. The lowest BCUT2D eigenvalue weighted by Crippen LogP contribution is -2.10. The topological polar surface area (TPSA) is 23.8 Å². The van der Waals surface area contributed by atoms with Crippen molar-refractivity contribution in [3.8, 4) is 17.9 Å². The van der Waals surface area contributed by atoms with Crippen molar-refractivity contribution in [1.29, 1.82) is 5.26 Å². The van der Waals surface area contributed by atoms with Gasteiger partial charge < -0.3 is 0 Å². The highest BCUT2D eigenvalue weighted by Crippen LogP contribution is 2.35. The van der Waals surface area contributed by atoms with Gasteiger partial charge >= 0.3 is 0 Å². The van der Waals surface area contributed by atoms with Gasteiger partial charge in [-0.05, 0) is 66.6 Å². The van der Waals surface area contributed by atoms with Crippen LogP contribution in [0.1, 0.15) is 60.8 Å². The van der Waals surface area contributed by atoms with Crippen molar-refractivity contribution in [3.05, 3.63) is 70.8 Å². The molecule has 0 amide bonds. The highest BCUT2D eigenvalue weighted by molar-refractivity contribution is 5.45. The quantitative estimate of drug-likeness (QED) is 0.660. The molecule has 1 nitrogen and oxygen atoms in total. The van der Waals surface area contributed by atoms with Gasteiger partial charge in [-0.15, -0.1) is 0 Å². The van der Waals surface area contributed by atoms with Crippen LogP contribution in [0, 0.1) is 29.1 Å². The lowest BCUT2D eigenvalue weighted by Gasteiger charge is -2.26. The second-order valence-corrected chi connectivity index (χ2v) is 6.52. The maximum Gasteiger partial charge on any atom is 0.0991 e. The highest BCUT2D eigenvalue weighted by Gasteiger charge is 2.19. The average molecular weight is 299 g/mol. The molecule has 1 saturated carbocycles. The predicted octanol–water partition coefficient (Wildman–Crippen LogP) is 5.25. The summed E-state index contributed by atoms with van der Waals surface area (Å²) in [4.78, 5) is 0. The number of nitrogens with zero attached hydrogens (tertiary/aromatic N) is 1. The summed E-state index contributed by atoms with van der Waals surface area (Å²) in [5.41, 5.74) is 4.11. The van der Waals surface area contributed by atoms with Gasteiger partial charge in [0.2, 0.25) is 0 Å². The summed E-state index contributed by atoms with van der Waals surface area (Å²) in [5, 5.41) is 8.80. The Morgan fingerprint density at radius 1 is 0.739 bits per heavy atom. The average Bonchev–Trinajstić information content (AvgIpc) is 2.61. The minimum atomic E-state index is 0.668. The van der Waals surface area contributed by atoms with Crippen LogP contribution in [0.4, 0.5) is 0 Å². The van der Waals surface area contributed by atoms with E-state index in [0.717, 1.165) is 23.0 Å². The predicted molar refractivity (Wildman–Crippen MR) is 94.0 cm³/mol. The van der Waals surface area contributed by atoms with Crippen LogP contribution in [-0.2, 0) is 0 Å². The van der Waals surface area contributed by atoms with Crippen LogP contribution in [0.2, 0.25) is 0 Å². The fraction of sp³-hybridized carbons (Fsp3) is 0.318. The van der Waals surface area contributed by atoms with Crippen LogP contribution in [0.5, 0.6) is 0 Å². The first kappa shape index (κ1) is 15.4. The van der Waals surface area contributed by atoms with Gasteiger partial charge in [0.15, 0.2) is 0 Å². The smallest absolute Gasteiger partial charge is 0.0991 e. The van der Waals surface area contributed by atoms with Crippen molar-refractivity contribution >= 4 is 0 Å². The maximum absolute atomic E-state index is 8.80. The molecular weight excluding hydrogens is 278 g/mol. The minimum Gasteiger partial charge on any atom is -0.192 e. The Bertz CT molecular complexity index is 743. The van der Waals surface area contributed by atoms with Gasteiger partial charge in [0.25, 0.3) is 0 Å². The highest BCUT2D eigenvalue weighted by atomic mass is 14.2. The number of benzene rings is 2. The third-order valence-corrected chi connectivity index (χ3v) is 4.76. The van der Waals surface area contributed by atoms with Crippen molar-refractivity contribution in [1.82, 2.24) is 0 Å². The summed E-state index contributed by atoms with van der Waals surface area (Å²) < 4.78 is 0. The Kier molecular flexibility index (Phi) is 4.80. The zero-order chi connectivity index (χ0) is 16.1. The number of rotatable bonds is 1. The monoisotopic (exact) mass is 299 g/mol. The van der Waals surface area contributed by atoms with E-state index in [4.69, 9.17) is 5.26 Å². The van der Waals surface area contributed by atoms with E-state index < -0.39 is 0 Å². The van der Waals surface area contributed by atoms with Crippen LogP contribution >= 0.6 is 0 Å². The molecule has 0 N–H and O–H groups in total. The van der Waals surface area contributed by atoms with Gasteiger partial charge in [0.1, 0.15) is 0 Å². The van der Waals surface area contributed by atoms with Crippen LogP contribution in [0.25, 0.3) is 0 Å². The summed E-state index contributed by atoms with van der Waals surface area (Å²) in [6, 6.07) is 18.2. The van der Waals surface area contributed by atoms with Gasteiger partial charge in [0.05, 0.1) is 11.6 Å². The van der Waals surface area contributed by atoms with E-state index in [2.05, 4.69) is 49.1 Å². The molecule has 1 aliphatic carbocycles. The maximum atomic E-state index is 8.80. The van der Waals surface area contributed by atoms with E-state index in [0.29, 0.717) is 5.56 Å². The molecule has 1 fully saturated rings. The zero-order valence-corrected chi connectivity index (χ0v) is 13.5. The van der Waals surface area contributed by atoms with E-state index in [1.807, 2.05) is 12.1 Å². The third kappa shape index (κ3) is 4.02. The van der Waals surface area contributed by atoms with Crippen molar-refractivity contribution < 1.29 is 0 Å². The molecule has 2 aromatic rings. The minimum absolute atomic E-state index is 0.668. The van der Waals surface area contributed by atoms with Gasteiger partial charge in [-0.1, -0.05) is 43.7 Å². The first-order valence-corrected chi connectivity index (χ1v) is 8.37. The standard InChI is InChI=1S/C22H21N/c1-17-2-12-21(13-3-17)22-14-10-19(11-15-22)5-4-18-6-8-20(16-23)9-7-18/h6-11,14-15,17,21H,2-3,12-13H2,1H3. The molecule has 0 unspecified atom stereocenters. The summed E-state index contributed by atoms with van der Waals surface area (Å²) in [6.45, 7) is 2.36. The van der Waals surface area contributed by atoms with E-state index in [1.165, 1.54) is 31.2 Å². The molecule has 23 heavy (non-hydrogen) atoms. The van der Waals surface area contributed by atoms with Gasteiger partial charge in [-0.2, -0.15) is 5.26 Å². The van der Waals surface area contributed by atoms with Crippen molar-refractivity contribution in [2.24, 2.45) is 5.92 Å². The first-order chi connectivity index (χ1) is 11.2. The molecule has 3 rings (SSSR count). The van der Waals surface area contributed by atoms with Crippen LogP contribution in [0.3, 0.4) is 0 Å². The Hall–Kier alpha value is -2.51. The second kappa shape index (κ2) is 7.17. The lowest BCUT2D eigenvalue weighted by molar-refractivity contribution is 0.348. The molecule has 114 valence electrons. The Balaban J connectivity index is 1.68. The molecule has 1 heteroatoms. The molecule has 0 atom stereocenters. The third-order valence-electron chi connectivity index (χ3n) is 4.76. The Morgan fingerprint density at radius 3 is 1.74 bits per heavy atom. The molecule has 0 radical (unpaired) electrons. The molecule has 0 saturated heterocycles. The van der Waals surface area contributed by atoms with E-state index >= 15 is 0 Å². The largest absolute Gasteiger partial charge is 0.192 e. The zero-order valence-electron chi connectivity index (χ0n) is 13.5. The summed E-state index contributed by atoms with van der Waals surface area (Å²) in [6.07, 6.45) is 5.34. The second-order valence-electron chi connectivity index (χ2n) is 6.52. The normalized spacial score (nSPS) is 20.2. The molecule has 0 spiro atoms. The summed E-state index contributed by atoms with van der Waals surface area (Å²) in [5.74, 6) is 7.98. The van der Waals surface area contributed by atoms with Gasteiger partial charge in [-0.3, -0.25) is 0 Å². The fourth-order valence-corrected chi connectivity index (χ4v) is 3.20. The fourth-order valence-electron chi connectivity index (χ4n) is 3.20. The summed E-state index contributed by atoms with van der Waals surface area (Å²) in [7, 11) is 0. The van der Waals surface area contributed by atoms with Crippen LogP contribution in [-0.4, -0.2) is 0 Å². The van der Waals surface area contributed by atoms with Crippen LogP contribution < -0.4 is 0 Å². The van der Waals surface area contributed by atoms with Gasteiger partial charge in [-0.25, -0.2) is 0 Å². The van der Waals surface area contributed by atoms with E-state index in [-0.39, 0.29) is 0 Å². The summed E-state index contributed by atoms with van der Waals surface area (Å²) >= 11 is 0. The Morgan fingerprint density at radius 2 is 1.22 bits per heavy atom. The molecule has 1 aliphatic rings. The molecule has 0 heterocycles. The lowest BCUT2D eigenvalue weighted by atomic mass is 9.79. The molecule has 0 aliphatic heterocycles. The number of hydrogen-bond acceptors (Lipinski definition) is 1. The van der Waals surface area contributed by atoms with Crippen LogP contribution in [0.15, 0.2) is 48.5 Å². The first-order valence-electron chi connectivity index (χ1n) is 8.37. The van der Waals surface area contributed by atoms with Gasteiger partial charge in [0, 0.05) is 11.1 Å². The van der Waals surface area contributed by atoms with E-state index in [9.17, 15) is 0 Å². The van der Waals surface area contributed by atoms with Crippen molar-refractivity contribution in [2.75, 3.05) is 0 Å². The van der Waals surface area contributed by atoms with E-state index in [1.54, 1.807) is 12.1 Å². The SMILES string of the molecule is CC1CCC(c2ccc(C#Cc3ccc(C#N)cc3)cc2)CC1. The molecule has 0 bridgehead atoms. The van der Waals surface area contributed by atoms with Crippen molar-refractivity contribution in [3.63, 3.8) is 0 Å².